The Hall–Kier alpha value is -5.09. The van der Waals surface area contributed by atoms with E-state index in [-0.39, 0.29) is 5.56 Å². The fourth-order valence-corrected chi connectivity index (χ4v) is 6.90. The maximum absolute atomic E-state index is 13.3. The van der Waals surface area contributed by atoms with Crippen molar-refractivity contribution in [2.24, 2.45) is 7.05 Å². The van der Waals surface area contributed by atoms with Crippen LogP contribution in [0.25, 0.3) is 10.8 Å². The Morgan fingerprint density at radius 1 is 0.625 bits per heavy atom. The normalized spacial score (nSPS) is 14.2. The summed E-state index contributed by atoms with van der Waals surface area (Å²) in [5, 5.41) is 1.70. The van der Waals surface area contributed by atoms with Gasteiger partial charge in [-0.05, 0) is 65.4 Å². The molecule has 0 atom stereocenters. The Labute approximate surface area is 232 Å². The van der Waals surface area contributed by atoms with Crippen LogP contribution in [0, 0.1) is 6.92 Å². The summed E-state index contributed by atoms with van der Waals surface area (Å²) in [7, 11) is 1.82. The number of fused-ring (bicyclic) bond motifs is 9. The quantitative estimate of drug-likeness (QED) is 0.220. The molecule has 0 saturated heterocycles. The fourth-order valence-electron chi connectivity index (χ4n) is 6.90. The van der Waals surface area contributed by atoms with Crippen LogP contribution < -0.4 is 15.2 Å². The van der Waals surface area contributed by atoms with Crippen LogP contribution in [0.4, 0.5) is 17.1 Å². The lowest BCUT2D eigenvalue weighted by Crippen LogP contribution is -2.39. The lowest BCUT2D eigenvalue weighted by atomic mass is 9.61. The molecular weight excluding hydrogens is 492 g/mol. The zero-order chi connectivity index (χ0) is 27.0. The number of rotatable bonds is 1. The minimum atomic E-state index is -0.571. The Balaban J connectivity index is 1.50. The van der Waals surface area contributed by atoms with E-state index in [9.17, 15) is 4.79 Å². The number of nitrogens with zero attached hydrogens (tertiary/aromatic N) is 2. The molecular formula is C36H26N2O2. The number of hydrogen-bond acceptors (Lipinski definition) is 3. The van der Waals surface area contributed by atoms with Gasteiger partial charge in [-0.1, -0.05) is 78.9 Å². The molecule has 40 heavy (non-hydrogen) atoms. The van der Waals surface area contributed by atoms with Crippen LogP contribution in [-0.4, -0.2) is 4.57 Å². The first-order valence-corrected chi connectivity index (χ1v) is 13.5. The predicted molar refractivity (Wildman–Crippen MR) is 161 cm³/mol. The molecule has 2 aliphatic rings. The molecule has 2 aliphatic heterocycles. The van der Waals surface area contributed by atoms with Crippen LogP contribution in [0.2, 0.25) is 0 Å². The molecule has 0 radical (unpaired) electrons. The first-order valence-electron chi connectivity index (χ1n) is 13.5. The highest BCUT2D eigenvalue weighted by atomic mass is 16.5. The van der Waals surface area contributed by atoms with Crippen molar-refractivity contribution in [2.75, 3.05) is 4.90 Å². The Kier molecular flexibility index (Phi) is 4.69. The molecule has 4 heteroatoms. The second-order valence-corrected chi connectivity index (χ2v) is 10.7. The topological polar surface area (TPSA) is 34.5 Å². The van der Waals surface area contributed by atoms with Gasteiger partial charge >= 0.3 is 0 Å². The Morgan fingerprint density at radius 3 is 1.75 bits per heavy atom. The number of para-hydroxylation sites is 4. The number of pyridine rings is 1. The molecule has 0 fully saturated rings. The maximum Gasteiger partial charge on any atom is 0.258 e. The van der Waals surface area contributed by atoms with E-state index in [0.29, 0.717) is 0 Å². The number of anilines is 3. The SMILES string of the molecule is Cc1cn(C)c(=O)c2cc(N3c4ccccc4C4(c5ccccc5Oc5ccccc54)c4ccccc43)ccc12. The number of aromatic nitrogens is 1. The average molecular weight is 519 g/mol. The molecule has 1 spiro atoms. The van der Waals surface area contributed by atoms with Crippen LogP contribution in [0.5, 0.6) is 11.5 Å². The summed E-state index contributed by atoms with van der Waals surface area (Å²) in [5.41, 5.74) is 8.23. The average Bonchev–Trinajstić information content (AvgIpc) is 3.00. The van der Waals surface area contributed by atoms with Crippen molar-refractivity contribution in [2.45, 2.75) is 12.3 Å². The molecule has 0 saturated carbocycles. The van der Waals surface area contributed by atoms with Crippen LogP contribution in [0.15, 0.2) is 126 Å². The van der Waals surface area contributed by atoms with Gasteiger partial charge in [0.25, 0.3) is 5.56 Å². The molecule has 0 bridgehead atoms. The van der Waals surface area contributed by atoms with Crippen molar-refractivity contribution >= 4 is 27.8 Å². The number of aryl methyl sites for hydroxylation is 2. The molecule has 4 nitrogen and oxygen atoms in total. The zero-order valence-corrected chi connectivity index (χ0v) is 22.3. The number of hydrogen-bond donors (Lipinski definition) is 0. The third-order valence-electron chi connectivity index (χ3n) is 8.52. The van der Waals surface area contributed by atoms with Crippen molar-refractivity contribution < 1.29 is 4.74 Å². The summed E-state index contributed by atoms with van der Waals surface area (Å²) in [4.78, 5) is 15.6. The minimum Gasteiger partial charge on any atom is -0.457 e. The molecule has 0 aliphatic carbocycles. The second-order valence-electron chi connectivity index (χ2n) is 10.7. The van der Waals surface area contributed by atoms with Gasteiger partial charge in [0, 0.05) is 35.4 Å². The standard InChI is InChI=1S/C36H26N2O2/c1-23-22-37(2)35(39)26-21-24(19-20-25(23)26)38-31-15-7-3-11-27(31)36(28-12-4-8-16-32(28)38)29-13-5-9-17-33(29)40-34-18-10-6-14-30(34)36/h3-22H,1-2H3. The summed E-state index contributed by atoms with van der Waals surface area (Å²) < 4.78 is 8.15. The predicted octanol–water partition coefficient (Wildman–Crippen LogP) is 8.12. The van der Waals surface area contributed by atoms with E-state index >= 15 is 0 Å². The smallest absolute Gasteiger partial charge is 0.258 e. The van der Waals surface area contributed by atoms with Crippen LogP contribution >= 0.6 is 0 Å². The molecule has 6 aromatic rings. The van der Waals surface area contributed by atoms with Crippen molar-refractivity contribution in [3.63, 3.8) is 0 Å². The Bertz CT molecular complexity index is 1960. The molecule has 192 valence electrons. The van der Waals surface area contributed by atoms with Crippen molar-refractivity contribution in [3.05, 3.63) is 160 Å². The van der Waals surface area contributed by atoms with E-state index in [4.69, 9.17) is 4.74 Å². The fraction of sp³-hybridized carbons (Fsp3) is 0.0833. The van der Waals surface area contributed by atoms with Gasteiger partial charge in [-0.25, -0.2) is 0 Å². The van der Waals surface area contributed by atoms with E-state index in [1.807, 2.05) is 31.4 Å². The summed E-state index contributed by atoms with van der Waals surface area (Å²) in [6, 6.07) is 40.3. The first kappa shape index (κ1) is 22.9. The van der Waals surface area contributed by atoms with Gasteiger partial charge in [-0.3, -0.25) is 4.79 Å². The molecule has 0 unspecified atom stereocenters. The van der Waals surface area contributed by atoms with Gasteiger partial charge in [0.15, 0.2) is 0 Å². The molecule has 3 heterocycles. The summed E-state index contributed by atoms with van der Waals surface area (Å²) in [5.74, 6) is 1.73. The molecule has 0 N–H and O–H groups in total. The lowest BCUT2D eigenvalue weighted by molar-refractivity contribution is 0.434. The summed E-state index contributed by atoms with van der Waals surface area (Å²) in [6.07, 6.45) is 1.90. The van der Waals surface area contributed by atoms with Crippen molar-refractivity contribution in [3.8, 4) is 11.5 Å². The third-order valence-corrected chi connectivity index (χ3v) is 8.52. The summed E-state index contributed by atoms with van der Waals surface area (Å²) in [6.45, 7) is 2.05. The molecule has 8 rings (SSSR count). The highest BCUT2D eigenvalue weighted by Gasteiger charge is 2.50. The van der Waals surface area contributed by atoms with E-state index in [0.717, 1.165) is 56.0 Å². The molecule has 5 aromatic carbocycles. The first-order chi connectivity index (χ1) is 19.6. The highest BCUT2D eigenvalue weighted by molar-refractivity contribution is 5.95. The van der Waals surface area contributed by atoms with Crippen molar-refractivity contribution in [1.82, 2.24) is 4.57 Å². The highest BCUT2D eigenvalue weighted by Crippen LogP contribution is 2.62. The number of ether oxygens (including phenoxy) is 1. The maximum atomic E-state index is 13.3. The van der Waals surface area contributed by atoms with Gasteiger partial charge in [0.2, 0.25) is 0 Å². The molecule has 0 amide bonds. The molecule has 1 aromatic heterocycles. The lowest BCUT2D eigenvalue weighted by Gasteiger charge is -2.48. The van der Waals surface area contributed by atoms with Gasteiger partial charge in [-0.15, -0.1) is 0 Å². The monoisotopic (exact) mass is 518 g/mol. The van der Waals surface area contributed by atoms with Gasteiger partial charge in [-0.2, -0.15) is 0 Å². The largest absolute Gasteiger partial charge is 0.457 e. The van der Waals surface area contributed by atoms with Crippen LogP contribution in [-0.2, 0) is 12.5 Å². The van der Waals surface area contributed by atoms with Crippen LogP contribution in [0.3, 0.4) is 0 Å². The second kappa shape index (κ2) is 8.20. The van der Waals surface area contributed by atoms with E-state index in [2.05, 4.69) is 109 Å². The van der Waals surface area contributed by atoms with Gasteiger partial charge in [0.05, 0.1) is 16.8 Å². The minimum absolute atomic E-state index is 0.00443. The third kappa shape index (κ3) is 2.88. The van der Waals surface area contributed by atoms with E-state index < -0.39 is 5.41 Å². The summed E-state index contributed by atoms with van der Waals surface area (Å²) >= 11 is 0. The zero-order valence-electron chi connectivity index (χ0n) is 22.3. The van der Waals surface area contributed by atoms with Crippen LogP contribution in [0.1, 0.15) is 27.8 Å². The van der Waals surface area contributed by atoms with E-state index in [1.54, 1.807) is 4.57 Å². The van der Waals surface area contributed by atoms with Gasteiger partial charge in [0.1, 0.15) is 11.5 Å². The Morgan fingerprint density at radius 2 is 1.15 bits per heavy atom. The van der Waals surface area contributed by atoms with Crippen molar-refractivity contribution in [1.29, 1.82) is 0 Å². The number of benzene rings is 5. The van der Waals surface area contributed by atoms with Gasteiger partial charge < -0.3 is 14.2 Å². The van der Waals surface area contributed by atoms with E-state index in [1.165, 1.54) is 11.1 Å².